The molecule has 208 valence electrons. The number of benzene rings is 2. The van der Waals surface area contributed by atoms with Gasteiger partial charge in [0.15, 0.2) is 5.69 Å². The SMILES string of the molecule is CCN(CC)CCC(=O)Nc1ccc(-n2nc(C(=O)O)cc2-c2c(OC)cccc2OC)c(C2CCCC2)c1. The van der Waals surface area contributed by atoms with Gasteiger partial charge >= 0.3 is 5.97 Å². The van der Waals surface area contributed by atoms with E-state index in [0.29, 0.717) is 35.7 Å². The molecule has 1 aliphatic carbocycles. The molecule has 3 aromatic rings. The van der Waals surface area contributed by atoms with Crippen molar-refractivity contribution in [2.24, 2.45) is 0 Å². The summed E-state index contributed by atoms with van der Waals surface area (Å²) in [6.45, 7) is 6.71. The Morgan fingerprint density at radius 2 is 1.72 bits per heavy atom. The van der Waals surface area contributed by atoms with Gasteiger partial charge in [-0.1, -0.05) is 32.8 Å². The molecule has 0 aliphatic heterocycles. The van der Waals surface area contributed by atoms with E-state index in [1.54, 1.807) is 25.0 Å². The van der Waals surface area contributed by atoms with Crippen molar-refractivity contribution >= 4 is 17.6 Å². The average molecular weight is 535 g/mol. The smallest absolute Gasteiger partial charge is 0.356 e. The van der Waals surface area contributed by atoms with Gasteiger partial charge in [0, 0.05) is 18.7 Å². The molecule has 2 aromatic carbocycles. The number of anilines is 1. The predicted molar refractivity (Wildman–Crippen MR) is 151 cm³/mol. The number of amides is 1. The van der Waals surface area contributed by atoms with Crippen molar-refractivity contribution in [3.05, 3.63) is 53.7 Å². The summed E-state index contributed by atoms with van der Waals surface area (Å²) in [7, 11) is 3.14. The highest BCUT2D eigenvalue weighted by atomic mass is 16.5. The lowest BCUT2D eigenvalue weighted by Gasteiger charge is -2.21. The minimum absolute atomic E-state index is 0.0290. The van der Waals surface area contributed by atoms with Gasteiger partial charge in [0.05, 0.1) is 31.2 Å². The van der Waals surface area contributed by atoms with Crippen LogP contribution in [0.2, 0.25) is 0 Å². The standard InChI is InChI=1S/C30H38N4O5/c1-5-33(6-2)17-16-28(35)31-21-14-15-24(22(18-21)20-10-7-8-11-20)34-25(19-23(32-34)30(36)37)29-26(38-3)12-9-13-27(29)39-4/h9,12-15,18-20H,5-8,10-11,16-17H2,1-4H3,(H,31,35)(H,36,37). The van der Waals surface area contributed by atoms with Crippen LogP contribution in [-0.2, 0) is 4.79 Å². The second kappa shape index (κ2) is 12.8. The van der Waals surface area contributed by atoms with E-state index in [9.17, 15) is 14.7 Å². The van der Waals surface area contributed by atoms with Gasteiger partial charge in [-0.05, 0) is 73.8 Å². The van der Waals surface area contributed by atoms with E-state index in [1.165, 1.54) is 0 Å². The number of hydrogen-bond acceptors (Lipinski definition) is 6. The van der Waals surface area contributed by atoms with Gasteiger partial charge in [-0.2, -0.15) is 5.10 Å². The highest BCUT2D eigenvalue weighted by Gasteiger charge is 2.26. The average Bonchev–Trinajstić information content (AvgIpc) is 3.64. The highest BCUT2D eigenvalue weighted by molar-refractivity contribution is 5.91. The molecule has 0 spiro atoms. The number of aromatic carboxylic acids is 1. The molecule has 0 unspecified atom stereocenters. The normalized spacial score (nSPS) is 13.6. The van der Waals surface area contributed by atoms with Crippen molar-refractivity contribution < 1.29 is 24.2 Å². The predicted octanol–water partition coefficient (Wildman–Crippen LogP) is 5.58. The lowest BCUT2D eigenvalue weighted by Crippen LogP contribution is -2.27. The van der Waals surface area contributed by atoms with Crippen LogP contribution in [0.4, 0.5) is 5.69 Å². The minimum atomic E-state index is -1.12. The van der Waals surface area contributed by atoms with Crippen LogP contribution in [0.3, 0.4) is 0 Å². The van der Waals surface area contributed by atoms with Gasteiger partial charge in [0.2, 0.25) is 5.91 Å². The summed E-state index contributed by atoms with van der Waals surface area (Å²) in [5.41, 5.74) is 3.63. The number of nitrogens with zero attached hydrogens (tertiary/aromatic N) is 3. The maximum absolute atomic E-state index is 12.7. The van der Waals surface area contributed by atoms with Crippen LogP contribution in [0.25, 0.3) is 16.9 Å². The van der Waals surface area contributed by atoms with Gasteiger partial charge in [-0.15, -0.1) is 0 Å². The lowest BCUT2D eigenvalue weighted by molar-refractivity contribution is -0.116. The zero-order chi connectivity index (χ0) is 27.9. The van der Waals surface area contributed by atoms with Crippen molar-refractivity contribution in [3.63, 3.8) is 0 Å². The van der Waals surface area contributed by atoms with E-state index in [-0.39, 0.29) is 17.5 Å². The van der Waals surface area contributed by atoms with Crippen LogP contribution < -0.4 is 14.8 Å². The molecule has 1 fully saturated rings. The number of aromatic nitrogens is 2. The first kappa shape index (κ1) is 28.2. The molecule has 0 atom stereocenters. The van der Waals surface area contributed by atoms with Gasteiger partial charge in [-0.3, -0.25) is 4.79 Å². The number of hydrogen-bond donors (Lipinski definition) is 2. The summed E-state index contributed by atoms with van der Waals surface area (Å²) in [6.07, 6.45) is 4.70. The van der Waals surface area contributed by atoms with Gasteiger partial charge in [0.1, 0.15) is 11.5 Å². The van der Waals surface area contributed by atoms with Gasteiger partial charge < -0.3 is 24.8 Å². The number of carboxylic acids is 1. The van der Waals surface area contributed by atoms with Crippen molar-refractivity contribution in [1.29, 1.82) is 0 Å². The van der Waals surface area contributed by atoms with Crippen LogP contribution in [0.1, 0.15) is 67.9 Å². The fourth-order valence-electron chi connectivity index (χ4n) is 5.36. The first-order valence-corrected chi connectivity index (χ1v) is 13.6. The Bertz CT molecular complexity index is 1290. The van der Waals surface area contributed by atoms with Crippen LogP contribution in [0.15, 0.2) is 42.5 Å². The van der Waals surface area contributed by atoms with Crippen molar-refractivity contribution in [3.8, 4) is 28.4 Å². The van der Waals surface area contributed by atoms with Crippen molar-refractivity contribution in [1.82, 2.24) is 14.7 Å². The summed E-state index contributed by atoms with van der Waals surface area (Å²) >= 11 is 0. The van der Waals surface area contributed by atoms with E-state index in [0.717, 1.165) is 55.7 Å². The molecule has 4 rings (SSSR count). The molecule has 1 saturated carbocycles. The number of ether oxygens (including phenoxy) is 2. The molecule has 39 heavy (non-hydrogen) atoms. The summed E-state index contributed by atoms with van der Waals surface area (Å²) < 4.78 is 12.9. The summed E-state index contributed by atoms with van der Waals surface area (Å²) in [5.74, 6) is 0.221. The zero-order valence-corrected chi connectivity index (χ0v) is 23.2. The van der Waals surface area contributed by atoms with E-state index < -0.39 is 5.97 Å². The first-order chi connectivity index (χ1) is 18.9. The maximum atomic E-state index is 12.7. The molecule has 1 heterocycles. The Labute approximate surface area is 229 Å². The second-order valence-electron chi connectivity index (χ2n) is 9.75. The molecule has 0 saturated heterocycles. The molecular weight excluding hydrogens is 496 g/mol. The Hall–Kier alpha value is -3.85. The minimum Gasteiger partial charge on any atom is -0.496 e. The van der Waals surface area contributed by atoms with Crippen LogP contribution in [0.5, 0.6) is 11.5 Å². The van der Waals surface area contributed by atoms with E-state index >= 15 is 0 Å². The van der Waals surface area contributed by atoms with Crippen molar-refractivity contribution in [2.75, 3.05) is 39.2 Å². The maximum Gasteiger partial charge on any atom is 0.356 e. The number of carbonyl (C=O) groups is 2. The Balaban J connectivity index is 1.79. The third kappa shape index (κ3) is 6.25. The van der Waals surface area contributed by atoms with Crippen molar-refractivity contribution in [2.45, 2.75) is 51.9 Å². The van der Waals surface area contributed by atoms with E-state index in [4.69, 9.17) is 9.47 Å². The number of rotatable bonds is 12. The summed E-state index contributed by atoms with van der Waals surface area (Å²) in [4.78, 5) is 27.0. The molecule has 0 bridgehead atoms. The molecule has 0 radical (unpaired) electrons. The third-order valence-electron chi connectivity index (χ3n) is 7.50. The topological polar surface area (TPSA) is 106 Å². The Morgan fingerprint density at radius 1 is 1.05 bits per heavy atom. The number of carbonyl (C=O) groups excluding carboxylic acids is 1. The monoisotopic (exact) mass is 534 g/mol. The quantitative estimate of drug-likeness (QED) is 0.312. The second-order valence-corrected chi connectivity index (χ2v) is 9.75. The molecular formula is C30H38N4O5. The first-order valence-electron chi connectivity index (χ1n) is 13.6. The molecule has 9 heteroatoms. The van der Waals surface area contributed by atoms with Gasteiger partial charge in [-0.25, -0.2) is 9.48 Å². The zero-order valence-electron chi connectivity index (χ0n) is 23.2. The largest absolute Gasteiger partial charge is 0.496 e. The summed E-state index contributed by atoms with van der Waals surface area (Å²) in [6, 6.07) is 12.8. The Morgan fingerprint density at radius 3 is 2.31 bits per heavy atom. The number of nitrogens with one attached hydrogen (secondary N) is 1. The van der Waals surface area contributed by atoms with Gasteiger partial charge in [0.25, 0.3) is 0 Å². The van der Waals surface area contributed by atoms with E-state index in [1.807, 2.05) is 36.4 Å². The van der Waals surface area contributed by atoms with Crippen LogP contribution in [0, 0.1) is 0 Å². The number of methoxy groups -OCH3 is 2. The molecule has 2 N–H and O–H groups in total. The fraction of sp³-hybridized carbons (Fsp3) is 0.433. The third-order valence-corrected chi connectivity index (χ3v) is 7.50. The fourth-order valence-corrected chi connectivity index (χ4v) is 5.36. The highest BCUT2D eigenvalue weighted by Crippen LogP contribution is 2.43. The van der Waals surface area contributed by atoms with Crippen LogP contribution in [-0.4, -0.2) is 65.5 Å². The summed E-state index contributed by atoms with van der Waals surface area (Å²) in [5, 5.41) is 17.4. The Kier molecular flexibility index (Phi) is 9.24. The molecule has 1 amide bonds. The van der Waals surface area contributed by atoms with E-state index in [2.05, 4.69) is 29.2 Å². The lowest BCUT2D eigenvalue weighted by atomic mass is 9.95. The molecule has 1 aromatic heterocycles. The van der Waals surface area contributed by atoms with Crippen LogP contribution >= 0.6 is 0 Å². The molecule has 1 aliphatic rings. The number of carboxylic acid groups (broad SMARTS) is 1. The molecule has 9 nitrogen and oxygen atoms in total.